The Morgan fingerprint density at radius 2 is 0.810 bits per heavy atom. The summed E-state index contributed by atoms with van der Waals surface area (Å²) < 4.78 is 11.6. The summed E-state index contributed by atoms with van der Waals surface area (Å²) in [5.41, 5.74) is 17.3. The van der Waals surface area contributed by atoms with Gasteiger partial charge in [0.15, 0.2) is 17.5 Å². The summed E-state index contributed by atoms with van der Waals surface area (Å²) >= 11 is 0. The zero-order chi connectivity index (χ0) is 54.9. The van der Waals surface area contributed by atoms with Gasteiger partial charge in [-0.05, 0) is 129 Å². The Balaban J connectivity index is 1.12. The van der Waals surface area contributed by atoms with Crippen molar-refractivity contribution in [2.45, 2.75) is 105 Å². The van der Waals surface area contributed by atoms with Crippen LogP contribution in [0.4, 0.5) is 0 Å². The van der Waals surface area contributed by atoms with Crippen molar-refractivity contribution in [2.24, 2.45) is 0 Å². The highest BCUT2D eigenvalue weighted by Gasteiger charge is 2.28. The van der Waals surface area contributed by atoms with Crippen molar-refractivity contribution in [1.82, 2.24) is 29.1 Å². The van der Waals surface area contributed by atoms with Gasteiger partial charge in [0.1, 0.15) is 11.2 Å². The average Bonchev–Trinajstić information content (AvgIpc) is 3.61. The van der Waals surface area contributed by atoms with Gasteiger partial charge in [0.05, 0.1) is 45.0 Å². The molecule has 5 aromatic heterocycles. The van der Waals surface area contributed by atoms with Gasteiger partial charge in [-0.1, -0.05) is 168 Å². The van der Waals surface area contributed by atoms with Gasteiger partial charge in [0.25, 0.3) is 0 Å². The van der Waals surface area contributed by atoms with E-state index in [1.54, 1.807) is 0 Å². The van der Waals surface area contributed by atoms with Crippen LogP contribution in [0.2, 0.25) is 0 Å². The molecule has 5 heterocycles. The number of hydrogen-bond donors (Lipinski definition) is 0. The Bertz CT molecular complexity index is 4380. The molecular weight excluding hydrogens is 965 g/mol. The molecule has 390 valence electrons. The molecule has 0 unspecified atom stereocenters. The van der Waals surface area contributed by atoms with Crippen molar-refractivity contribution in [3.05, 3.63) is 205 Å². The fourth-order valence-electron chi connectivity index (χ4n) is 11.6. The minimum Gasteiger partial charge on any atom is -0.455 e. The van der Waals surface area contributed by atoms with Crippen molar-refractivity contribution in [3.8, 4) is 56.7 Å². The van der Waals surface area contributed by atoms with Crippen molar-refractivity contribution in [1.29, 1.82) is 0 Å². The van der Waals surface area contributed by atoms with Gasteiger partial charge >= 0.3 is 0 Å². The van der Waals surface area contributed by atoms with Gasteiger partial charge in [-0.2, -0.15) is 0 Å². The number of benzene rings is 8. The lowest BCUT2D eigenvalue weighted by Crippen LogP contribution is -2.17. The molecule has 13 aromatic rings. The second kappa shape index (κ2) is 17.9. The quantitative estimate of drug-likeness (QED) is 0.166. The van der Waals surface area contributed by atoms with Crippen molar-refractivity contribution >= 4 is 65.6 Å². The van der Waals surface area contributed by atoms with E-state index in [1.807, 2.05) is 18.5 Å². The normalized spacial score (nSPS) is 12.8. The lowest BCUT2D eigenvalue weighted by atomic mass is 9.79. The van der Waals surface area contributed by atoms with Crippen LogP contribution in [0.5, 0.6) is 0 Å². The molecular formula is C72H66N6O. The second-order valence-electron chi connectivity index (χ2n) is 25.7. The maximum absolute atomic E-state index is 6.78. The fourth-order valence-corrected chi connectivity index (χ4v) is 11.6. The maximum Gasteiger partial charge on any atom is 0.164 e. The highest BCUT2D eigenvalue weighted by atomic mass is 16.3. The summed E-state index contributed by atoms with van der Waals surface area (Å²) in [5, 5.41) is 6.74. The zero-order valence-electron chi connectivity index (χ0n) is 47.4. The first-order valence-corrected chi connectivity index (χ1v) is 27.7. The molecule has 0 spiro atoms. The van der Waals surface area contributed by atoms with E-state index in [-0.39, 0.29) is 21.7 Å². The molecule has 7 heteroatoms. The summed E-state index contributed by atoms with van der Waals surface area (Å²) in [4.78, 5) is 21.5. The predicted octanol–water partition coefficient (Wildman–Crippen LogP) is 19.2. The summed E-state index contributed by atoms with van der Waals surface area (Å²) in [5.74, 6) is 1.86. The summed E-state index contributed by atoms with van der Waals surface area (Å²) in [6, 6.07) is 61.6. The Labute approximate surface area is 462 Å². The van der Waals surface area contributed by atoms with Crippen LogP contribution in [0.15, 0.2) is 187 Å². The molecule has 0 amide bonds. The van der Waals surface area contributed by atoms with Gasteiger partial charge in [-0.25, -0.2) is 15.0 Å². The van der Waals surface area contributed by atoms with Crippen LogP contribution in [-0.2, 0) is 21.7 Å². The number of pyridine rings is 1. The zero-order valence-corrected chi connectivity index (χ0v) is 47.4. The molecule has 0 aliphatic carbocycles. The third-order valence-electron chi connectivity index (χ3n) is 16.1. The van der Waals surface area contributed by atoms with Crippen LogP contribution in [0.1, 0.15) is 105 Å². The van der Waals surface area contributed by atoms with E-state index in [0.717, 1.165) is 94.0 Å². The number of aromatic nitrogens is 6. The SMILES string of the molecule is CC(C)(C)c1cc(-c2nc(-c3cc(C(C)(C)C)cc(C(C)(C)C)c3)nc(-c3ccc(-n4c5ccccc5c5ccccc54)c(-c4ccncc4-n4c5ccccc5c5c6oc7ccccc7c6ccc54)c3)n2)cc(C(C)(C)C)c1. The Kier molecular flexibility index (Phi) is 11.3. The lowest BCUT2D eigenvalue weighted by Gasteiger charge is -2.26. The monoisotopic (exact) mass is 1030 g/mol. The molecule has 0 saturated heterocycles. The molecule has 8 aromatic carbocycles. The predicted molar refractivity (Wildman–Crippen MR) is 330 cm³/mol. The number of para-hydroxylation sites is 4. The first-order chi connectivity index (χ1) is 37.7. The van der Waals surface area contributed by atoms with Crippen molar-refractivity contribution in [3.63, 3.8) is 0 Å². The minimum atomic E-state index is -0.119. The summed E-state index contributed by atoms with van der Waals surface area (Å²) in [6.07, 6.45) is 3.92. The van der Waals surface area contributed by atoms with Crippen LogP contribution >= 0.6 is 0 Å². The summed E-state index contributed by atoms with van der Waals surface area (Å²) in [7, 11) is 0. The largest absolute Gasteiger partial charge is 0.455 e. The third-order valence-corrected chi connectivity index (χ3v) is 16.1. The Morgan fingerprint density at radius 1 is 0.354 bits per heavy atom. The van der Waals surface area contributed by atoms with Gasteiger partial charge in [0.2, 0.25) is 0 Å². The third kappa shape index (κ3) is 8.49. The van der Waals surface area contributed by atoms with E-state index in [1.165, 1.54) is 33.0 Å². The molecule has 0 bridgehead atoms. The smallest absolute Gasteiger partial charge is 0.164 e. The number of furan rings is 1. The van der Waals surface area contributed by atoms with Gasteiger partial charge < -0.3 is 13.6 Å². The Hall–Kier alpha value is -8.68. The number of hydrogen-bond acceptors (Lipinski definition) is 5. The molecule has 13 rings (SSSR count). The number of fused-ring (bicyclic) bond motifs is 10. The maximum atomic E-state index is 6.78. The lowest BCUT2D eigenvalue weighted by molar-refractivity contribution is 0.568. The Morgan fingerprint density at radius 3 is 1.34 bits per heavy atom. The fraction of sp³-hybridized carbons (Fsp3) is 0.222. The van der Waals surface area contributed by atoms with E-state index in [2.05, 4.69) is 256 Å². The molecule has 0 radical (unpaired) electrons. The van der Waals surface area contributed by atoms with Crippen molar-refractivity contribution in [2.75, 3.05) is 0 Å². The van der Waals surface area contributed by atoms with Gasteiger partial charge in [-0.3, -0.25) is 4.98 Å². The molecule has 0 saturated carbocycles. The number of rotatable bonds is 6. The molecule has 0 N–H and O–H groups in total. The molecule has 0 aliphatic heterocycles. The van der Waals surface area contributed by atoms with E-state index in [0.29, 0.717) is 17.5 Å². The van der Waals surface area contributed by atoms with Crippen LogP contribution < -0.4 is 0 Å². The topological polar surface area (TPSA) is 74.6 Å². The molecule has 0 atom stereocenters. The van der Waals surface area contributed by atoms with Gasteiger partial charge in [0, 0.05) is 60.9 Å². The second-order valence-corrected chi connectivity index (χ2v) is 25.7. The van der Waals surface area contributed by atoms with Crippen LogP contribution in [-0.4, -0.2) is 29.1 Å². The van der Waals surface area contributed by atoms with E-state index in [4.69, 9.17) is 24.4 Å². The first kappa shape index (κ1) is 49.9. The minimum absolute atomic E-state index is 0.119. The first-order valence-electron chi connectivity index (χ1n) is 27.7. The molecule has 0 aliphatic rings. The highest BCUT2D eigenvalue weighted by Crippen LogP contribution is 2.45. The standard InChI is InChI=1S/C72H66N6O/c1-69(2,3)46-35-44(36-47(40-46)70(4,5)6)67-74-66(75-68(76-67)45-37-48(71(7,8)9)41-49(38-45)72(10,11)12)43-29-31-60(77-57-25-17-13-21-50(57)51-22-14-18-26-58(51)77)56(39-43)52-33-34-73-42-62(52)78-59-27-19-15-24-55(59)64-61(78)32-30-54-53-23-16-20-28-63(53)79-65(54)64/h13-42H,1-12H3. The van der Waals surface area contributed by atoms with Crippen LogP contribution in [0, 0.1) is 0 Å². The van der Waals surface area contributed by atoms with Crippen LogP contribution in [0.3, 0.4) is 0 Å². The molecule has 79 heavy (non-hydrogen) atoms. The van der Waals surface area contributed by atoms with Gasteiger partial charge in [-0.15, -0.1) is 0 Å². The van der Waals surface area contributed by atoms with E-state index >= 15 is 0 Å². The van der Waals surface area contributed by atoms with E-state index in [9.17, 15) is 0 Å². The molecule has 7 nitrogen and oxygen atoms in total. The molecule has 0 fully saturated rings. The summed E-state index contributed by atoms with van der Waals surface area (Å²) in [6.45, 7) is 27.3. The van der Waals surface area contributed by atoms with Crippen molar-refractivity contribution < 1.29 is 4.42 Å². The van der Waals surface area contributed by atoms with E-state index < -0.39 is 0 Å². The van der Waals surface area contributed by atoms with Crippen LogP contribution in [0.25, 0.3) is 122 Å². The number of nitrogens with zero attached hydrogens (tertiary/aromatic N) is 6. The average molecular weight is 1030 g/mol. The highest BCUT2D eigenvalue weighted by molar-refractivity contribution is 6.24.